The van der Waals surface area contributed by atoms with E-state index < -0.39 is 0 Å². The smallest absolute Gasteiger partial charge is 0.135 e. The normalized spacial score (nSPS) is 15.4. The molecule has 2 heterocycles. The number of rotatable bonds is 7. The Labute approximate surface area is 202 Å². The van der Waals surface area contributed by atoms with Crippen molar-refractivity contribution in [3.8, 4) is 16.9 Å². The summed E-state index contributed by atoms with van der Waals surface area (Å²) in [5.41, 5.74) is 5.69. The highest BCUT2D eigenvalue weighted by Gasteiger charge is 2.20. The highest BCUT2D eigenvalue weighted by molar-refractivity contribution is 5.97. The van der Waals surface area contributed by atoms with E-state index in [0.717, 1.165) is 67.3 Å². The molecule has 1 saturated heterocycles. The van der Waals surface area contributed by atoms with Gasteiger partial charge in [0.05, 0.1) is 7.11 Å². The van der Waals surface area contributed by atoms with Gasteiger partial charge in [-0.05, 0) is 30.2 Å². The van der Waals surface area contributed by atoms with Gasteiger partial charge in [-0.15, -0.1) is 0 Å². The fraction of sp³-hybridized carbons (Fsp3) is 0.267. The zero-order chi connectivity index (χ0) is 23.3. The standard InChI is InChI=1S/C30H32N2O2/c1-23-30(25-13-7-4-8-14-25)27-21-28(33-2)26(20-29(27)34-23)22-32-18-16-31(17-19-32)15-9-12-24-10-5-3-6-11-24/h3-14,20-21H,15-19,22H2,1-2H3. The summed E-state index contributed by atoms with van der Waals surface area (Å²) in [5.74, 6) is 1.87. The molecule has 4 nitrogen and oxygen atoms in total. The average molecular weight is 453 g/mol. The van der Waals surface area contributed by atoms with Crippen LogP contribution in [0.1, 0.15) is 16.9 Å². The van der Waals surface area contributed by atoms with E-state index in [1.54, 1.807) is 7.11 Å². The van der Waals surface area contributed by atoms with Crippen molar-refractivity contribution >= 4 is 17.0 Å². The molecule has 1 fully saturated rings. The van der Waals surface area contributed by atoms with Gasteiger partial charge in [-0.3, -0.25) is 9.80 Å². The molecule has 1 aromatic heterocycles. The van der Waals surface area contributed by atoms with Crippen molar-refractivity contribution in [3.63, 3.8) is 0 Å². The van der Waals surface area contributed by atoms with Gasteiger partial charge in [0.2, 0.25) is 0 Å². The second-order valence-electron chi connectivity index (χ2n) is 8.95. The van der Waals surface area contributed by atoms with E-state index in [-0.39, 0.29) is 0 Å². The molecule has 0 unspecified atom stereocenters. The molecule has 174 valence electrons. The Kier molecular flexibility index (Phi) is 6.79. The van der Waals surface area contributed by atoms with E-state index in [0.29, 0.717) is 0 Å². The number of nitrogens with zero attached hydrogens (tertiary/aromatic N) is 2. The Morgan fingerprint density at radius 2 is 1.56 bits per heavy atom. The Morgan fingerprint density at radius 1 is 0.882 bits per heavy atom. The van der Waals surface area contributed by atoms with Crippen LogP contribution in [-0.2, 0) is 6.54 Å². The third kappa shape index (κ3) is 4.93. The van der Waals surface area contributed by atoms with Gasteiger partial charge < -0.3 is 9.15 Å². The quantitative estimate of drug-likeness (QED) is 0.331. The minimum Gasteiger partial charge on any atom is -0.496 e. The van der Waals surface area contributed by atoms with Gasteiger partial charge in [0.25, 0.3) is 0 Å². The van der Waals surface area contributed by atoms with Crippen molar-refractivity contribution in [2.75, 3.05) is 39.8 Å². The molecule has 34 heavy (non-hydrogen) atoms. The second-order valence-corrected chi connectivity index (χ2v) is 8.95. The number of fused-ring (bicyclic) bond motifs is 1. The molecule has 1 aliphatic rings. The Morgan fingerprint density at radius 3 is 2.26 bits per heavy atom. The molecule has 0 radical (unpaired) electrons. The molecule has 0 N–H and O–H groups in total. The van der Waals surface area contributed by atoms with Crippen LogP contribution in [0.25, 0.3) is 28.2 Å². The summed E-state index contributed by atoms with van der Waals surface area (Å²) >= 11 is 0. The predicted octanol–water partition coefficient (Wildman–Crippen LogP) is 6.25. The minimum atomic E-state index is 0.868. The summed E-state index contributed by atoms with van der Waals surface area (Å²) < 4.78 is 12.0. The van der Waals surface area contributed by atoms with Crippen molar-refractivity contribution in [1.82, 2.24) is 9.80 Å². The van der Waals surface area contributed by atoms with Crippen LogP contribution >= 0.6 is 0 Å². The van der Waals surface area contributed by atoms with Crippen LogP contribution < -0.4 is 4.74 Å². The molecule has 1 aliphatic heterocycles. The van der Waals surface area contributed by atoms with Gasteiger partial charge in [0.15, 0.2) is 0 Å². The van der Waals surface area contributed by atoms with Gasteiger partial charge in [0.1, 0.15) is 17.1 Å². The number of benzene rings is 3. The van der Waals surface area contributed by atoms with E-state index >= 15 is 0 Å². The highest BCUT2D eigenvalue weighted by atomic mass is 16.5. The maximum atomic E-state index is 6.19. The van der Waals surface area contributed by atoms with Gasteiger partial charge in [-0.2, -0.15) is 0 Å². The summed E-state index contributed by atoms with van der Waals surface area (Å²) in [6.07, 6.45) is 4.48. The van der Waals surface area contributed by atoms with Crippen LogP contribution in [-0.4, -0.2) is 49.6 Å². The van der Waals surface area contributed by atoms with Crippen molar-refractivity contribution in [2.45, 2.75) is 13.5 Å². The van der Waals surface area contributed by atoms with Crippen molar-refractivity contribution in [1.29, 1.82) is 0 Å². The van der Waals surface area contributed by atoms with Crippen LogP contribution in [0.15, 0.2) is 83.3 Å². The molecule has 5 rings (SSSR count). The lowest BCUT2D eigenvalue weighted by atomic mass is 10.0. The topological polar surface area (TPSA) is 28.9 Å². The number of aryl methyl sites for hydroxylation is 1. The number of hydrogen-bond acceptors (Lipinski definition) is 4. The largest absolute Gasteiger partial charge is 0.496 e. The number of methoxy groups -OCH3 is 1. The predicted molar refractivity (Wildman–Crippen MR) is 140 cm³/mol. The first-order valence-electron chi connectivity index (χ1n) is 12.0. The van der Waals surface area contributed by atoms with Crippen molar-refractivity contribution in [3.05, 3.63) is 95.8 Å². The van der Waals surface area contributed by atoms with Crippen molar-refractivity contribution < 1.29 is 9.15 Å². The first-order chi connectivity index (χ1) is 16.7. The Bertz CT molecular complexity index is 1250. The third-order valence-corrected chi connectivity index (χ3v) is 6.66. The van der Waals surface area contributed by atoms with E-state index in [1.165, 1.54) is 16.7 Å². The van der Waals surface area contributed by atoms with Gasteiger partial charge in [0, 0.05) is 55.8 Å². The molecule has 0 amide bonds. The average Bonchev–Trinajstić information content (AvgIpc) is 3.20. The summed E-state index contributed by atoms with van der Waals surface area (Å²) in [6.45, 7) is 8.14. The van der Waals surface area contributed by atoms with Crippen LogP contribution in [0.2, 0.25) is 0 Å². The van der Waals surface area contributed by atoms with Crippen molar-refractivity contribution in [2.24, 2.45) is 0 Å². The van der Waals surface area contributed by atoms with Crippen LogP contribution in [0.3, 0.4) is 0 Å². The third-order valence-electron chi connectivity index (χ3n) is 6.66. The molecule has 0 atom stereocenters. The number of piperazine rings is 1. The van der Waals surface area contributed by atoms with Crippen LogP contribution in [0.4, 0.5) is 0 Å². The fourth-order valence-electron chi connectivity index (χ4n) is 4.84. The molecule has 4 heteroatoms. The van der Waals surface area contributed by atoms with Gasteiger partial charge in [-0.1, -0.05) is 72.8 Å². The van der Waals surface area contributed by atoms with E-state index in [9.17, 15) is 0 Å². The summed E-state index contributed by atoms with van der Waals surface area (Å²) in [7, 11) is 1.76. The van der Waals surface area contributed by atoms with Gasteiger partial charge in [-0.25, -0.2) is 0 Å². The number of ether oxygens (including phenoxy) is 1. The van der Waals surface area contributed by atoms with E-state index in [1.807, 2.05) is 13.0 Å². The molecule has 0 saturated carbocycles. The molecule has 0 bridgehead atoms. The lowest BCUT2D eigenvalue weighted by molar-refractivity contribution is 0.136. The van der Waals surface area contributed by atoms with Crippen LogP contribution in [0, 0.1) is 6.92 Å². The Hall–Kier alpha value is -3.34. The second kappa shape index (κ2) is 10.3. The first-order valence-corrected chi connectivity index (χ1v) is 12.0. The minimum absolute atomic E-state index is 0.868. The SMILES string of the molecule is COc1cc2c(-c3ccccc3)c(C)oc2cc1CN1CCN(CC=Cc2ccccc2)CC1. The number of hydrogen-bond donors (Lipinski definition) is 0. The monoisotopic (exact) mass is 452 g/mol. The highest BCUT2D eigenvalue weighted by Crippen LogP contribution is 2.38. The molecular formula is C30H32N2O2. The fourth-order valence-corrected chi connectivity index (χ4v) is 4.84. The molecule has 3 aromatic carbocycles. The summed E-state index contributed by atoms with van der Waals surface area (Å²) in [5, 5.41) is 1.11. The molecule has 0 spiro atoms. The molecule has 0 aliphatic carbocycles. The Balaban J connectivity index is 1.26. The zero-order valence-corrected chi connectivity index (χ0v) is 20.0. The van der Waals surface area contributed by atoms with E-state index in [2.05, 4.69) is 88.7 Å². The molecule has 4 aromatic rings. The zero-order valence-electron chi connectivity index (χ0n) is 20.0. The summed E-state index contributed by atoms with van der Waals surface area (Å²) in [4.78, 5) is 5.02. The molecular weight excluding hydrogens is 420 g/mol. The lowest BCUT2D eigenvalue weighted by Crippen LogP contribution is -2.45. The van der Waals surface area contributed by atoms with Gasteiger partial charge >= 0.3 is 0 Å². The summed E-state index contributed by atoms with van der Waals surface area (Å²) in [6, 6.07) is 25.2. The van der Waals surface area contributed by atoms with Crippen LogP contribution in [0.5, 0.6) is 5.75 Å². The lowest BCUT2D eigenvalue weighted by Gasteiger charge is -2.34. The van der Waals surface area contributed by atoms with E-state index in [4.69, 9.17) is 9.15 Å². The first kappa shape index (κ1) is 22.5. The number of furan rings is 1. The maximum absolute atomic E-state index is 6.19. The maximum Gasteiger partial charge on any atom is 0.135 e.